The second-order valence-electron chi connectivity index (χ2n) is 8.85. The number of nitrogens with one attached hydrogen (secondary N) is 1. The largest absolute Gasteiger partial charge is 0.334 e. The maximum absolute atomic E-state index is 15.5. The fourth-order valence-corrected chi connectivity index (χ4v) is 4.82. The van der Waals surface area contributed by atoms with Crippen molar-refractivity contribution < 1.29 is 32.4 Å². The molecular formula is C24H30FN3O6S. The van der Waals surface area contributed by atoms with Gasteiger partial charge in [0, 0.05) is 49.6 Å². The number of hydrogen-bond acceptors (Lipinski definition) is 7. The van der Waals surface area contributed by atoms with Gasteiger partial charge in [-0.3, -0.25) is 14.8 Å². The van der Waals surface area contributed by atoms with Gasteiger partial charge in [0.15, 0.2) is 14.6 Å². The molecule has 0 saturated carbocycles. The molecule has 1 heterocycles. The molecule has 2 N–H and O–H groups in total. The van der Waals surface area contributed by atoms with Gasteiger partial charge >= 0.3 is 0 Å². The highest BCUT2D eigenvalue weighted by atomic mass is 32.2. The Bertz CT molecular complexity index is 1220. The van der Waals surface area contributed by atoms with Crippen molar-refractivity contribution in [2.45, 2.75) is 31.1 Å². The quantitative estimate of drug-likeness (QED) is 0.374. The summed E-state index contributed by atoms with van der Waals surface area (Å²) < 4.78 is 37.9. The van der Waals surface area contributed by atoms with Crippen molar-refractivity contribution in [3.8, 4) is 11.1 Å². The van der Waals surface area contributed by atoms with Crippen molar-refractivity contribution in [2.24, 2.45) is 0 Å². The second kappa shape index (κ2) is 10.4. The molecular weight excluding hydrogens is 477 g/mol. The van der Waals surface area contributed by atoms with Gasteiger partial charge in [0.2, 0.25) is 0 Å². The zero-order valence-electron chi connectivity index (χ0n) is 20.2. The van der Waals surface area contributed by atoms with Crippen molar-refractivity contribution in [2.75, 3.05) is 33.5 Å². The van der Waals surface area contributed by atoms with Gasteiger partial charge in [0.25, 0.3) is 11.8 Å². The van der Waals surface area contributed by atoms with E-state index in [1.165, 1.54) is 17.3 Å². The first-order chi connectivity index (χ1) is 16.4. The van der Waals surface area contributed by atoms with Crippen molar-refractivity contribution >= 4 is 21.7 Å². The molecule has 1 aliphatic rings. The monoisotopic (exact) mass is 507 g/mol. The van der Waals surface area contributed by atoms with Crippen LogP contribution in [0.15, 0.2) is 36.4 Å². The van der Waals surface area contributed by atoms with E-state index in [0.29, 0.717) is 17.7 Å². The number of hydroxylamine groups is 3. The lowest BCUT2D eigenvalue weighted by atomic mass is 9.98. The first kappa shape index (κ1) is 26.7. The van der Waals surface area contributed by atoms with E-state index in [0.717, 1.165) is 18.2 Å². The van der Waals surface area contributed by atoms with Gasteiger partial charge < -0.3 is 9.74 Å². The summed E-state index contributed by atoms with van der Waals surface area (Å²) in [5.41, 5.74) is 3.92. The minimum Gasteiger partial charge on any atom is -0.334 e. The topological polar surface area (TPSA) is 116 Å². The third-order valence-electron chi connectivity index (χ3n) is 6.66. The first-order valence-corrected chi connectivity index (χ1v) is 12.9. The van der Waals surface area contributed by atoms with E-state index in [1.54, 1.807) is 24.3 Å². The Kier molecular flexibility index (Phi) is 7.95. The molecule has 0 unspecified atom stereocenters. The molecule has 0 fully saturated rings. The smallest absolute Gasteiger partial charge is 0.264 e. The molecule has 9 nitrogen and oxygen atoms in total. The molecule has 2 amide bonds. The summed E-state index contributed by atoms with van der Waals surface area (Å²) in [6.45, 7) is 1.73. The average Bonchev–Trinajstić information content (AvgIpc) is 3.16. The molecule has 2 aromatic carbocycles. The van der Waals surface area contributed by atoms with Crippen molar-refractivity contribution in [1.29, 1.82) is 0 Å². The molecule has 11 heteroatoms. The zero-order valence-corrected chi connectivity index (χ0v) is 21.0. The van der Waals surface area contributed by atoms with Gasteiger partial charge in [-0.2, -0.15) is 5.06 Å². The molecule has 0 bridgehead atoms. The summed E-state index contributed by atoms with van der Waals surface area (Å²) in [6.07, 6.45) is 1.39. The van der Waals surface area contributed by atoms with E-state index in [9.17, 15) is 18.0 Å². The average molecular weight is 508 g/mol. The fourth-order valence-electron chi connectivity index (χ4n) is 3.98. The molecule has 35 heavy (non-hydrogen) atoms. The summed E-state index contributed by atoms with van der Waals surface area (Å²) in [5, 5.41) is 10.7. The number of rotatable bonds is 10. The number of fused-ring (bicyclic) bond motifs is 1. The van der Waals surface area contributed by atoms with Crippen LogP contribution < -0.4 is 5.48 Å². The normalized spacial score (nSPS) is 15.3. The molecule has 0 saturated heterocycles. The summed E-state index contributed by atoms with van der Waals surface area (Å²) >= 11 is 0. The van der Waals surface area contributed by atoms with E-state index >= 15 is 4.39 Å². The lowest BCUT2D eigenvalue weighted by molar-refractivity contribution is -0.131. The number of likely N-dealkylation sites (N-methyl/N-ethyl adjacent to an activating group) is 1. The predicted molar refractivity (Wildman–Crippen MR) is 128 cm³/mol. The maximum atomic E-state index is 15.5. The lowest BCUT2D eigenvalue weighted by Crippen LogP contribution is -2.50. The number of hydrogen-bond donors (Lipinski definition) is 2. The Morgan fingerprint density at radius 1 is 1.23 bits per heavy atom. The highest BCUT2D eigenvalue weighted by Crippen LogP contribution is 2.33. The van der Waals surface area contributed by atoms with E-state index in [4.69, 9.17) is 10.0 Å². The van der Waals surface area contributed by atoms with Crippen LogP contribution in [0, 0.1) is 5.82 Å². The summed E-state index contributed by atoms with van der Waals surface area (Å²) in [4.78, 5) is 31.3. The number of carbonyl (C=O) groups is 2. The van der Waals surface area contributed by atoms with Gasteiger partial charge in [-0.15, -0.1) is 0 Å². The highest BCUT2D eigenvalue weighted by Gasteiger charge is 2.44. The Hall–Kier alpha value is -2.86. The molecule has 190 valence electrons. The van der Waals surface area contributed by atoms with Gasteiger partial charge in [0.1, 0.15) is 5.82 Å². The molecule has 0 aliphatic carbocycles. The molecule has 0 spiro atoms. The number of halogens is 1. The number of nitrogens with zero attached hydrogens (tertiary/aromatic N) is 2. The summed E-state index contributed by atoms with van der Waals surface area (Å²) in [5.74, 6) is -2.04. The van der Waals surface area contributed by atoms with Crippen LogP contribution in [0.3, 0.4) is 0 Å². The second-order valence-corrected chi connectivity index (χ2v) is 11.3. The van der Waals surface area contributed by atoms with Crippen molar-refractivity contribution in [3.63, 3.8) is 0 Å². The molecule has 3 rings (SSSR count). The lowest BCUT2D eigenvalue weighted by Gasteiger charge is -2.27. The minimum absolute atomic E-state index is 0.0458. The van der Waals surface area contributed by atoms with Crippen LogP contribution in [0.2, 0.25) is 0 Å². The predicted octanol–water partition coefficient (Wildman–Crippen LogP) is 2.18. The molecule has 1 atom stereocenters. The van der Waals surface area contributed by atoms with E-state index < -0.39 is 32.2 Å². The summed E-state index contributed by atoms with van der Waals surface area (Å²) in [6, 6.07) is 10.6. The molecule has 1 aliphatic heterocycles. The van der Waals surface area contributed by atoms with Crippen molar-refractivity contribution in [1.82, 2.24) is 15.4 Å². The highest BCUT2D eigenvalue weighted by molar-refractivity contribution is 7.92. The summed E-state index contributed by atoms with van der Waals surface area (Å²) in [7, 11) is -0.477. The van der Waals surface area contributed by atoms with E-state index in [2.05, 4.69) is 0 Å². The molecule has 2 aromatic rings. The number of benzene rings is 2. The number of amides is 2. The van der Waals surface area contributed by atoms with Crippen LogP contribution in [0.5, 0.6) is 0 Å². The Morgan fingerprint density at radius 2 is 1.86 bits per heavy atom. The third kappa shape index (κ3) is 5.37. The standard InChI is InChI=1S/C24H30FN3O6S/c1-24(23(30)26-31,35(4,32)33)12-14-28-15-20-19(22(28)29)10-9-18(21(20)25)17-7-5-16(6-8-17)11-13-27(2)34-3/h5-10,31H,11-15H2,1-4H3,(H,26,30)/t24-/m1/s1. The fraction of sp³-hybridized carbons (Fsp3) is 0.417. The van der Waals surface area contributed by atoms with E-state index in [1.807, 2.05) is 31.3 Å². The zero-order chi connectivity index (χ0) is 26.0. The maximum Gasteiger partial charge on any atom is 0.264 e. The van der Waals surface area contributed by atoms with Gasteiger partial charge in [-0.1, -0.05) is 30.3 Å². The third-order valence-corrected chi connectivity index (χ3v) is 8.69. The minimum atomic E-state index is -3.91. The van der Waals surface area contributed by atoms with Gasteiger partial charge in [-0.25, -0.2) is 18.3 Å². The van der Waals surface area contributed by atoms with Crippen LogP contribution in [0.4, 0.5) is 4.39 Å². The van der Waals surface area contributed by atoms with Crippen LogP contribution in [-0.2, 0) is 32.4 Å². The van der Waals surface area contributed by atoms with Gasteiger partial charge in [0.05, 0.1) is 7.11 Å². The van der Waals surface area contributed by atoms with Crippen LogP contribution in [0.25, 0.3) is 11.1 Å². The van der Waals surface area contributed by atoms with Crippen molar-refractivity contribution in [3.05, 3.63) is 58.9 Å². The Balaban J connectivity index is 1.78. The van der Waals surface area contributed by atoms with E-state index in [-0.39, 0.29) is 30.6 Å². The number of sulfone groups is 1. The number of carbonyl (C=O) groups excluding carboxylic acids is 2. The molecule has 0 aromatic heterocycles. The SMILES string of the molecule is CON(C)CCc1ccc(-c2ccc3c(c2F)CN(CC[C@](C)(C(=O)NO)S(C)(=O)=O)C3=O)cc1. The Labute approximate surface area is 204 Å². The van der Waals surface area contributed by atoms with Crippen LogP contribution in [0.1, 0.15) is 34.8 Å². The molecule has 0 radical (unpaired) electrons. The van der Waals surface area contributed by atoms with Crippen LogP contribution in [-0.4, -0.2) is 73.7 Å². The van der Waals surface area contributed by atoms with Gasteiger partial charge in [-0.05, 0) is 37.0 Å². The Morgan fingerprint density at radius 3 is 2.43 bits per heavy atom. The first-order valence-electron chi connectivity index (χ1n) is 11.0. The van der Waals surface area contributed by atoms with Crippen LogP contribution >= 0.6 is 0 Å².